The Morgan fingerprint density at radius 2 is 1.83 bits per heavy atom. The lowest BCUT2D eigenvalue weighted by Gasteiger charge is -2.16. The standard InChI is InChI=1S/C22H21ClN2O4/c1-3-4-6-14-9-11-16(12-10-14)24-19-18(23)20(26)25(21(19)27)17-8-5-7-15(13-17)22(28)29-2/h5,7-13,24H,3-4,6H2,1-2H3. The molecule has 2 amide bonds. The van der Waals surface area contributed by atoms with E-state index in [0.29, 0.717) is 5.69 Å². The minimum atomic E-state index is -0.652. The van der Waals surface area contributed by atoms with Crippen LogP contribution in [-0.2, 0) is 20.7 Å². The van der Waals surface area contributed by atoms with Gasteiger partial charge in [-0.2, -0.15) is 0 Å². The highest BCUT2D eigenvalue weighted by Crippen LogP contribution is 2.30. The van der Waals surface area contributed by atoms with Crippen molar-refractivity contribution in [2.45, 2.75) is 26.2 Å². The predicted octanol–water partition coefficient (Wildman–Crippen LogP) is 4.25. The lowest BCUT2D eigenvalue weighted by atomic mass is 10.1. The first-order valence-electron chi connectivity index (χ1n) is 9.29. The van der Waals surface area contributed by atoms with Crippen LogP contribution >= 0.6 is 11.6 Å². The molecule has 150 valence electrons. The van der Waals surface area contributed by atoms with Crippen molar-refractivity contribution in [2.24, 2.45) is 0 Å². The number of carbonyl (C=O) groups is 3. The predicted molar refractivity (Wildman–Crippen MR) is 112 cm³/mol. The van der Waals surface area contributed by atoms with Crippen molar-refractivity contribution in [2.75, 3.05) is 17.3 Å². The van der Waals surface area contributed by atoms with Gasteiger partial charge in [0.2, 0.25) is 0 Å². The van der Waals surface area contributed by atoms with E-state index in [1.54, 1.807) is 12.1 Å². The van der Waals surface area contributed by atoms with E-state index in [4.69, 9.17) is 11.6 Å². The molecule has 0 aromatic heterocycles. The first-order valence-corrected chi connectivity index (χ1v) is 9.67. The fourth-order valence-corrected chi connectivity index (χ4v) is 3.23. The summed E-state index contributed by atoms with van der Waals surface area (Å²) in [4.78, 5) is 38.2. The summed E-state index contributed by atoms with van der Waals surface area (Å²) in [6.45, 7) is 2.14. The smallest absolute Gasteiger partial charge is 0.337 e. The second kappa shape index (κ2) is 8.92. The normalized spacial score (nSPS) is 13.8. The average Bonchev–Trinajstić information content (AvgIpc) is 2.95. The highest BCUT2D eigenvalue weighted by molar-refractivity contribution is 6.53. The lowest BCUT2D eigenvalue weighted by Crippen LogP contribution is -2.32. The fourth-order valence-electron chi connectivity index (χ4n) is 3.02. The molecule has 0 saturated carbocycles. The number of rotatable bonds is 7. The molecule has 2 aromatic rings. The molecule has 0 radical (unpaired) electrons. The van der Waals surface area contributed by atoms with Crippen LogP contribution < -0.4 is 10.2 Å². The van der Waals surface area contributed by atoms with E-state index in [0.717, 1.165) is 24.2 Å². The highest BCUT2D eigenvalue weighted by atomic mass is 35.5. The van der Waals surface area contributed by atoms with Crippen LogP contribution in [0.1, 0.15) is 35.7 Å². The third kappa shape index (κ3) is 4.32. The molecule has 29 heavy (non-hydrogen) atoms. The van der Waals surface area contributed by atoms with Crippen LogP contribution in [0.25, 0.3) is 0 Å². The Labute approximate surface area is 174 Å². The molecule has 1 heterocycles. The molecular formula is C22H21ClN2O4. The molecule has 0 aliphatic carbocycles. The summed E-state index contributed by atoms with van der Waals surface area (Å²) in [5.74, 6) is -1.80. The number of hydrogen-bond acceptors (Lipinski definition) is 5. The van der Waals surface area contributed by atoms with Gasteiger partial charge in [-0.25, -0.2) is 9.69 Å². The Kier molecular flexibility index (Phi) is 6.34. The Bertz CT molecular complexity index is 983. The summed E-state index contributed by atoms with van der Waals surface area (Å²) >= 11 is 6.16. The van der Waals surface area contributed by atoms with Crippen LogP contribution in [0.4, 0.5) is 11.4 Å². The number of carbonyl (C=O) groups excluding carboxylic acids is 3. The topological polar surface area (TPSA) is 75.7 Å². The minimum Gasteiger partial charge on any atom is -0.465 e. The molecule has 3 rings (SSSR count). The average molecular weight is 413 g/mol. The van der Waals surface area contributed by atoms with E-state index in [-0.39, 0.29) is 22.0 Å². The van der Waals surface area contributed by atoms with Gasteiger partial charge in [-0.05, 0) is 48.7 Å². The first-order chi connectivity index (χ1) is 14.0. The van der Waals surface area contributed by atoms with Gasteiger partial charge in [0.1, 0.15) is 10.7 Å². The van der Waals surface area contributed by atoms with Gasteiger partial charge in [-0.1, -0.05) is 43.1 Å². The SMILES string of the molecule is CCCCc1ccc(NC2=C(Cl)C(=O)N(c3cccc(C(=O)OC)c3)C2=O)cc1. The van der Waals surface area contributed by atoms with Gasteiger partial charge in [0.05, 0.1) is 18.4 Å². The van der Waals surface area contributed by atoms with Crippen LogP contribution in [0.5, 0.6) is 0 Å². The van der Waals surface area contributed by atoms with Crippen molar-refractivity contribution in [3.63, 3.8) is 0 Å². The quantitative estimate of drug-likeness (QED) is 0.543. The number of hydrogen-bond donors (Lipinski definition) is 1. The van der Waals surface area contributed by atoms with Crippen molar-refractivity contribution in [1.29, 1.82) is 0 Å². The van der Waals surface area contributed by atoms with Gasteiger partial charge in [0, 0.05) is 5.69 Å². The van der Waals surface area contributed by atoms with E-state index in [9.17, 15) is 14.4 Å². The Balaban J connectivity index is 1.81. The summed E-state index contributed by atoms with van der Waals surface area (Å²) in [7, 11) is 1.26. The number of anilines is 2. The van der Waals surface area contributed by atoms with Gasteiger partial charge in [0.15, 0.2) is 0 Å². The van der Waals surface area contributed by atoms with Crippen LogP contribution in [-0.4, -0.2) is 24.9 Å². The van der Waals surface area contributed by atoms with Crippen LogP contribution in [0.3, 0.4) is 0 Å². The third-order valence-electron chi connectivity index (χ3n) is 4.60. The number of unbranched alkanes of at least 4 members (excludes halogenated alkanes) is 1. The Morgan fingerprint density at radius 1 is 1.10 bits per heavy atom. The number of esters is 1. The molecule has 0 bridgehead atoms. The molecular weight excluding hydrogens is 392 g/mol. The van der Waals surface area contributed by atoms with E-state index >= 15 is 0 Å². The molecule has 1 N–H and O–H groups in total. The number of benzene rings is 2. The molecule has 0 unspecified atom stereocenters. The van der Waals surface area contributed by atoms with Crippen molar-refractivity contribution >= 4 is 40.8 Å². The van der Waals surface area contributed by atoms with Crippen LogP contribution in [0, 0.1) is 0 Å². The van der Waals surface area contributed by atoms with Crippen molar-refractivity contribution in [3.05, 3.63) is 70.4 Å². The molecule has 1 aliphatic heterocycles. The number of aryl methyl sites for hydroxylation is 1. The number of imide groups is 1. The summed E-state index contributed by atoms with van der Waals surface area (Å²) in [6.07, 6.45) is 3.21. The third-order valence-corrected chi connectivity index (χ3v) is 4.95. The molecule has 2 aromatic carbocycles. The van der Waals surface area contributed by atoms with E-state index < -0.39 is 17.8 Å². The lowest BCUT2D eigenvalue weighted by molar-refractivity contribution is -0.120. The van der Waals surface area contributed by atoms with Crippen molar-refractivity contribution in [3.8, 4) is 0 Å². The number of nitrogens with zero attached hydrogens (tertiary/aromatic N) is 1. The van der Waals surface area contributed by atoms with Gasteiger partial charge < -0.3 is 10.1 Å². The maximum Gasteiger partial charge on any atom is 0.337 e. The fraction of sp³-hybridized carbons (Fsp3) is 0.227. The van der Waals surface area contributed by atoms with Gasteiger partial charge in [-0.3, -0.25) is 9.59 Å². The molecule has 7 heteroatoms. The monoisotopic (exact) mass is 412 g/mol. The Hall–Kier alpha value is -3.12. The van der Waals surface area contributed by atoms with Crippen LogP contribution in [0.2, 0.25) is 0 Å². The minimum absolute atomic E-state index is 0.00134. The van der Waals surface area contributed by atoms with Gasteiger partial charge in [0.25, 0.3) is 11.8 Å². The second-order valence-corrected chi connectivity index (χ2v) is 6.98. The summed E-state index contributed by atoms with van der Waals surface area (Å²) in [5.41, 5.74) is 2.33. The maximum atomic E-state index is 12.9. The van der Waals surface area contributed by atoms with Gasteiger partial charge in [-0.15, -0.1) is 0 Å². The number of amides is 2. The number of ether oxygens (including phenoxy) is 1. The highest BCUT2D eigenvalue weighted by Gasteiger charge is 2.39. The molecule has 1 aliphatic rings. The van der Waals surface area contributed by atoms with Crippen molar-refractivity contribution in [1.82, 2.24) is 0 Å². The number of nitrogens with one attached hydrogen (secondary N) is 1. The first kappa shape index (κ1) is 20.6. The van der Waals surface area contributed by atoms with Gasteiger partial charge >= 0.3 is 5.97 Å². The van der Waals surface area contributed by atoms with Crippen LogP contribution in [0.15, 0.2) is 59.3 Å². The number of halogens is 1. The molecule has 0 saturated heterocycles. The summed E-state index contributed by atoms with van der Waals surface area (Å²) in [6, 6.07) is 13.7. The summed E-state index contributed by atoms with van der Waals surface area (Å²) < 4.78 is 4.69. The van der Waals surface area contributed by atoms with E-state index in [1.165, 1.54) is 24.8 Å². The summed E-state index contributed by atoms with van der Waals surface area (Å²) in [5, 5.41) is 2.75. The maximum absolute atomic E-state index is 12.9. The van der Waals surface area contributed by atoms with E-state index in [1.807, 2.05) is 24.3 Å². The largest absolute Gasteiger partial charge is 0.465 e. The molecule has 0 fully saturated rings. The zero-order valence-electron chi connectivity index (χ0n) is 16.2. The second-order valence-electron chi connectivity index (χ2n) is 6.60. The zero-order chi connectivity index (χ0) is 21.0. The molecule has 6 nitrogen and oxygen atoms in total. The molecule has 0 atom stereocenters. The van der Waals surface area contributed by atoms with Crippen molar-refractivity contribution < 1.29 is 19.1 Å². The zero-order valence-corrected chi connectivity index (χ0v) is 17.0. The van der Waals surface area contributed by atoms with E-state index in [2.05, 4.69) is 17.0 Å². The Morgan fingerprint density at radius 3 is 2.48 bits per heavy atom. The molecule has 0 spiro atoms. The number of methoxy groups -OCH3 is 1.